The normalized spacial score (nSPS) is 17.8. The lowest BCUT2D eigenvalue weighted by Gasteiger charge is -2.32. The Morgan fingerprint density at radius 2 is 2.06 bits per heavy atom. The third kappa shape index (κ3) is 4.52. The van der Waals surface area contributed by atoms with E-state index in [0.29, 0.717) is 12.3 Å². The topological polar surface area (TPSA) is 29.5 Å². The minimum Gasteiger partial charge on any atom is -0.385 e. The molecule has 0 aromatic carbocycles. The number of ether oxygens (including phenoxy) is 1. The monoisotopic (exact) mass is 227 g/mol. The minimum atomic E-state index is 0.345. The van der Waals surface area contributed by atoms with Crippen molar-refractivity contribution in [2.75, 3.05) is 26.8 Å². The fraction of sp³-hybridized carbons (Fsp3) is 0.923. The molecule has 0 spiro atoms. The molecule has 0 aliphatic carbocycles. The van der Waals surface area contributed by atoms with E-state index in [4.69, 9.17) is 4.74 Å². The number of likely N-dealkylation sites (tertiary alicyclic amines) is 1. The maximum absolute atomic E-state index is 11.7. The van der Waals surface area contributed by atoms with Crippen LogP contribution in [0.5, 0.6) is 0 Å². The van der Waals surface area contributed by atoms with Gasteiger partial charge in [-0.2, -0.15) is 0 Å². The van der Waals surface area contributed by atoms with Crippen molar-refractivity contribution in [2.24, 2.45) is 5.92 Å². The van der Waals surface area contributed by atoms with Gasteiger partial charge in [0.25, 0.3) is 0 Å². The van der Waals surface area contributed by atoms with Crippen LogP contribution in [0.1, 0.15) is 45.4 Å². The SMILES string of the molecule is CCCC(=O)N1CCC(CCCOC)CC1. The maximum Gasteiger partial charge on any atom is 0.222 e. The highest BCUT2D eigenvalue weighted by atomic mass is 16.5. The third-order valence-corrected chi connectivity index (χ3v) is 3.39. The predicted octanol–water partition coefficient (Wildman–Crippen LogP) is 2.45. The summed E-state index contributed by atoms with van der Waals surface area (Å²) in [5.74, 6) is 1.15. The smallest absolute Gasteiger partial charge is 0.222 e. The number of piperidine rings is 1. The molecule has 1 amide bonds. The van der Waals surface area contributed by atoms with Crippen LogP contribution in [-0.4, -0.2) is 37.6 Å². The van der Waals surface area contributed by atoms with E-state index in [-0.39, 0.29) is 0 Å². The largest absolute Gasteiger partial charge is 0.385 e. The zero-order valence-corrected chi connectivity index (χ0v) is 10.7. The van der Waals surface area contributed by atoms with E-state index >= 15 is 0 Å². The Labute approximate surface area is 99.1 Å². The van der Waals surface area contributed by atoms with Gasteiger partial charge in [-0.3, -0.25) is 4.79 Å². The van der Waals surface area contributed by atoms with Gasteiger partial charge in [0.05, 0.1) is 0 Å². The van der Waals surface area contributed by atoms with Crippen LogP contribution in [0.15, 0.2) is 0 Å². The van der Waals surface area contributed by atoms with Crippen molar-refractivity contribution in [3.05, 3.63) is 0 Å². The Hall–Kier alpha value is -0.570. The second-order valence-corrected chi connectivity index (χ2v) is 4.71. The van der Waals surface area contributed by atoms with Crippen molar-refractivity contribution < 1.29 is 9.53 Å². The highest BCUT2D eigenvalue weighted by Gasteiger charge is 2.21. The summed E-state index contributed by atoms with van der Waals surface area (Å²) >= 11 is 0. The van der Waals surface area contributed by atoms with Crippen molar-refractivity contribution >= 4 is 5.91 Å². The van der Waals surface area contributed by atoms with E-state index in [1.807, 2.05) is 4.90 Å². The van der Waals surface area contributed by atoms with Gasteiger partial charge in [-0.15, -0.1) is 0 Å². The second kappa shape index (κ2) is 7.66. The van der Waals surface area contributed by atoms with E-state index in [1.165, 1.54) is 19.3 Å². The van der Waals surface area contributed by atoms with E-state index in [0.717, 1.165) is 38.5 Å². The molecule has 0 atom stereocenters. The number of carbonyl (C=O) groups is 1. The zero-order chi connectivity index (χ0) is 11.8. The van der Waals surface area contributed by atoms with Gasteiger partial charge < -0.3 is 9.64 Å². The molecule has 16 heavy (non-hydrogen) atoms. The van der Waals surface area contributed by atoms with Crippen LogP contribution in [-0.2, 0) is 9.53 Å². The number of methoxy groups -OCH3 is 1. The first-order valence-corrected chi connectivity index (χ1v) is 6.54. The molecule has 0 N–H and O–H groups in total. The lowest BCUT2D eigenvalue weighted by Crippen LogP contribution is -2.38. The quantitative estimate of drug-likeness (QED) is 0.652. The van der Waals surface area contributed by atoms with Crippen LogP contribution in [0.2, 0.25) is 0 Å². The van der Waals surface area contributed by atoms with Crippen LogP contribution in [0.4, 0.5) is 0 Å². The summed E-state index contributed by atoms with van der Waals surface area (Å²) in [6.07, 6.45) is 6.45. The average molecular weight is 227 g/mol. The highest BCUT2D eigenvalue weighted by molar-refractivity contribution is 5.76. The van der Waals surface area contributed by atoms with Crippen molar-refractivity contribution in [1.29, 1.82) is 0 Å². The first-order chi connectivity index (χ1) is 7.77. The third-order valence-electron chi connectivity index (χ3n) is 3.39. The lowest BCUT2D eigenvalue weighted by atomic mass is 9.92. The minimum absolute atomic E-state index is 0.345. The van der Waals surface area contributed by atoms with Crippen LogP contribution in [0, 0.1) is 5.92 Å². The Morgan fingerprint density at radius 3 is 2.62 bits per heavy atom. The molecule has 1 heterocycles. The highest BCUT2D eigenvalue weighted by Crippen LogP contribution is 2.22. The second-order valence-electron chi connectivity index (χ2n) is 4.71. The molecule has 1 rings (SSSR count). The van der Waals surface area contributed by atoms with Crippen LogP contribution in [0.25, 0.3) is 0 Å². The average Bonchev–Trinajstić information content (AvgIpc) is 2.30. The molecule has 1 fully saturated rings. The summed E-state index contributed by atoms with van der Waals surface area (Å²) in [5.41, 5.74) is 0. The van der Waals surface area contributed by atoms with Crippen LogP contribution in [0.3, 0.4) is 0 Å². The van der Waals surface area contributed by atoms with Crippen LogP contribution < -0.4 is 0 Å². The zero-order valence-electron chi connectivity index (χ0n) is 10.7. The lowest BCUT2D eigenvalue weighted by molar-refractivity contribution is -0.132. The van der Waals surface area contributed by atoms with E-state index < -0.39 is 0 Å². The Kier molecular flexibility index (Phi) is 6.46. The molecule has 3 nitrogen and oxygen atoms in total. The molecule has 1 aliphatic heterocycles. The van der Waals surface area contributed by atoms with Gasteiger partial charge in [-0.05, 0) is 38.0 Å². The Balaban J connectivity index is 2.15. The molecule has 0 bridgehead atoms. The van der Waals surface area contributed by atoms with E-state index in [9.17, 15) is 4.79 Å². The van der Waals surface area contributed by atoms with Gasteiger partial charge in [-0.1, -0.05) is 6.92 Å². The summed E-state index contributed by atoms with van der Waals surface area (Å²) < 4.78 is 5.06. The van der Waals surface area contributed by atoms with Crippen molar-refractivity contribution in [3.63, 3.8) is 0 Å². The number of nitrogens with zero attached hydrogens (tertiary/aromatic N) is 1. The molecule has 0 saturated carbocycles. The van der Waals surface area contributed by atoms with Gasteiger partial charge in [0.15, 0.2) is 0 Å². The van der Waals surface area contributed by atoms with Gasteiger partial charge in [0, 0.05) is 33.2 Å². The van der Waals surface area contributed by atoms with Crippen molar-refractivity contribution in [3.8, 4) is 0 Å². The summed E-state index contributed by atoms with van der Waals surface area (Å²) in [7, 11) is 1.76. The standard InChI is InChI=1S/C13H25NO2/c1-3-5-13(15)14-9-7-12(8-10-14)6-4-11-16-2/h12H,3-11H2,1-2H3. The molecule has 1 saturated heterocycles. The molecule has 1 aliphatic rings. The number of amides is 1. The predicted molar refractivity (Wildman–Crippen MR) is 65.3 cm³/mol. The van der Waals surface area contributed by atoms with Crippen molar-refractivity contribution in [1.82, 2.24) is 4.90 Å². The van der Waals surface area contributed by atoms with Gasteiger partial charge in [0.1, 0.15) is 0 Å². The molecule has 94 valence electrons. The van der Waals surface area contributed by atoms with E-state index in [1.54, 1.807) is 7.11 Å². The molecule has 0 unspecified atom stereocenters. The fourth-order valence-electron chi connectivity index (χ4n) is 2.36. The fourth-order valence-corrected chi connectivity index (χ4v) is 2.36. The number of carbonyl (C=O) groups excluding carboxylic acids is 1. The van der Waals surface area contributed by atoms with E-state index in [2.05, 4.69) is 6.92 Å². The van der Waals surface area contributed by atoms with Gasteiger partial charge >= 0.3 is 0 Å². The Bertz CT molecular complexity index is 198. The first kappa shape index (κ1) is 13.5. The summed E-state index contributed by atoms with van der Waals surface area (Å²) in [6.45, 7) is 4.87. The molecular weight excluding hydrogens is 202 g/mol. The molecule has 0 aromatic heterocycles. The number of hydrogen-bond acceptors (Lipinski definition) is 2. The molecule has 0 aromatic rings. The molecule has 3 heteroatoms. The summed E-state index contributed by atoms with van der Waals surface area (Å²) in [5, 5.41) is 0. The molecule has 0 radical (unpaired) electrons. The first-order valence-electron chi connectivity index (χ1n) is 6.54. The molecular formula is C13H25NO2. The Morgan fingerprint density at radius 1 is 1.38 bits per heavy atom. The van der Waals surface area contributed by atoms with Crippen molar-refractivity contribution in [2.45, 2.75) is 45.4 Å². The van der Waals surface area contributed by atoms with Gasteiger partial charge in [-0.25, -0.2) is 0 Å². The van der Waals surface area contributed by atoms with Gasteiger partial charge in [0.2, 0.25) is 5.91 Å². The number of rotatable bonds is 6. The maximum atomic E-state index is 11.7. The summed E-state index contributed by atoms with van der Waals surface area (Å²) in [4.78, 5) is 13.7. The summed E-state index contributed by atoms with van der Waals surface area (Å²) in [6, 6.07) is 0. The number of hydrogen-bond donors (Lipinski definition) is 0. The van der Waals surface area contributed by atoms with Crippen LogP contribution >= 0.6 is 0 Å².